The van der Waals surface area contributed by atoms with Crippen molar-refractivity contribution in [2.45, 2.75) is 29.4 Å². The van der Waals surface area contributed by atoms with Crippen molar-refractivity contribution in [3.05, 3.63) is 29.3 Å². The Kier molecular flexibility index (Phi) is 2.59. The fraction of sp³-hybridized carbons (Fsp3) is 0.364. The molecule has 0 amide bonds. The lowest BCUT2D eigenvalue weighted by Crippen LogP contribution is -2.30. The second-order valence-electron chi connectivity index (χ2n) is 3.98. The second kappa shape index (κ2) is 3.57. The molecule has 0 bridgehead atoms. The number of carbonyl (C=O) groups is 1. The van der Waals surface area contributed by atoms with Gasteiger partial charge >= 0.3 is 0 Å². The van der Waals surface area contributed by atoms with E-state index < -0.39 is 14.6 Å². The molecule has 5 heteroatoms. The number of hydrogen-bond donors (Lipinski definition) is 0. The Bertz CT molecular complexity index is 544. The highest BCUT2D eigenvalue weighted by Crippen LogP contribution is 2.48. The van der Waals surface area contributed by atoms with E-state index in [1.54, 1.807) is 12.1 Å². The summed E-state index contributed by atoms with van der Waals surface area (Å²) < 4.78 is 23.3. The van der Waals surface area contributed by atoms with Gasteiger partial charge in [-0.1, -0.05) is 23.7 Å². The molecule has 0 N–H and O–H groups in total. The van der Waals surface area contributed by atoms with Crippen molar-refractivity contribution in [3.8, 4) is 0 Å². The number of ketones is 1. The summed E-state index contributed by atoms with van der Waals surface area (Å²) in [6.45, 7) is 1.32. The Morgan fingerprint density at radius 3 is 2.31 bits per heavy atom. The minimum Gasteiger partial charge on any atom is -0.298 e. The number of sulfone groups is 1. The van der Waals surface area contributed by atoms with Gasteiger partial charge in [-0.25, -0.2) is 8.42 Å². The van der Waals surface area contributed by atoms with Gasteiger partial charge in [0, 0.05) is 0 Å². The predicted octanol–water partition coefficient (Wildman–Crippen LogP) is 2.24. The monoisotopic (exact) mass is 258 g/mol. The van der Waals surface area contributed by atoms with Crippen LogP contribution in [0, 0.1) is 0 Å². The molecule has 0 aromatic heterocycles. The normalized spacial score (nSPS) is 18.1. The molecule has 86 valence electrons. The first-order chi connectivity index (χ1) is 7.42. The molecular formula is C11H11ClO3S. The molecule has 0 radical (unpaired) electrons. The van der Waals surface area contributed by atoms with Gasteiger partial charge < -0.3 is 0 Å². The quantitative estimate of drug-likeness (QED) is 0.835. The highest BCUT2D eigenvalue weighted by molar-refractivity contribution is 7.94. The van der Waals surface area contributed by atoms with Crippen molar-refractivity contribution in [2.24, 2.45) is 0 Å². The van der Waals surface area contributed by atoms with Gasteiger partial charge in [-0.15, -0.1) is 0 Å². The van der Waals surface area contributed by atoms with Gasteiger partial charge in [0.1, 0.15) is 4.75 Å². The summed E-state index contributed by atoms with van der Waals surface area (Å²) >= 11 is 5.86. The summed E-state index contributed by atoms with van der Waals surface area (Å²) in [5, 5.41) is 0.176. The zero-order valence-corrected chi connectivity index (χ0v) is 10.3. The highest BCUT2D eigenvalue weighted by Gasteiger charge is 2.59. The Labute approximate surface area is 99.3 Å². The zero-order chi connectivity index (χ0) is 12.0. The van der Waals surface area contributed by atoms with Crippen molar-refractivity contribution >= 4 is 27.2 Å². The summed E-state index contributed by atoms with van der Waals surface area (Å²) in [4.78, 5) is 11.5. The van der Waals surface area contributed by atoms with E-state index in [4.69, 9.17) is 11.6 Å². The minimum absolute atomic E-state index is 0.0596. The molecule has 0 spiro atoms. The first-order valence-electron chi connectivity index (χ1n) is 4.92. The number of hydrogen-bond acceptors (Lipinski definition) is 3. The van der Waals surface area contributed by atoms with Gasteiger partial charge in [-0.05, 0) is 31.9 Å². The summed E-state index contributed by atoms with van der Waals surface area (Å²) in [5.74, 6) is -0.299. The largest absolute Gasteiger partial charge is 0.298 e. The highest BCUT2D eigenvalue weighted by atomic mass is 35.5. The van der Waals surface area contributed by atoms with Gasteiger partial charge in [0.05, 0.1) is 9.92 Å². The number of rotatable bonds is 3. The van der Waals surface area contributed by atoms with Crippen LogP contribution in [-0.2, 0) is 14.6 Å². The molecule has 0 heterocycles. The van der Waals surface area contributed by atoms with Crippen LogP contribution < -0.4 is 0 Å². The molecule has 2 rings (SSSR count). The molecular weight excluding hydrogens is 248 g/mol. The van der Waals surface area contributed by atoms with Gasteiger partial charge in [-0.2, -0.15) is 0 Å². The van der Waals surface area contributed by atoms with Crippen LogP contribution in [0.25, 0.3) is 0 Å². The molecule has 0 aliphatic heterocycles. The van der Waals surface area contributed by atoms with E-state index in [1.807, 2.05) is 0 Å². The summed E-state index contributed by atoms with van der Waals surface area (Å²) in [6, 6.07) is 6.23. The average Bonchev–Trinajstić information content (AvgIpc) is 2.98. The van der Waals surface area contributed by atoms with E-state index in [-0.39, 0.29) is 15.7 Å². The Morgan fingerprint density at radius 2 is 1.88 bits per heavy atom. The van der Waals surface area contributed by atoms with E-state index in [0.29, 0.717) is 12.8 Å². The molecule has 1 saturated carbocycles. The van der Waals surface area contributed by atoms with E-state index in [2.05, 4.69) is 0 Å². The minimum atomic E-state index is -3.64. The van der Waals surface area contributed by atoms with Crippen LogP contribution in [0.15, 0.2) is 29.2 Å². The predicted molar refractivity (Wildman–Crippen MR) is 61.3 cm³/mol. The fourth-order valence-electron chi connectivity index (χ4n) is 1.80. The maximum Gasteiger partial charge on any atom is 0.192 e. The van der Waals surface area contributed by atoms with E-state index in [9.17, 15) is 13.2 Å². The number of Topliss-reactive ketones (excluding diaryl/α,β-unsaturated/α-hetero) is 1. The van der Waals surface area contributed by atoms with Crippen molar-refractivity contribution < 1.29 is 13.2 Å². The van der Waals surface area contributed by atoms with Gasteiger partial charge in [0.25, 0.3) is 0 Å². The van der Waals surface area contributed by atoms with Crippen LogP contribution in [0.4, 0.5) is 0 Å². The molecule has 1 aliphatic rings. The number of carbonyl (C=O) groups excluding carboxylic acids is 1. The molecule has 16 heavy (non-hydrogen) atoms. The summed E-state index contributed by atoms with van der Waals surface area (Å²) in [6.07, 6.45) is 0.797. The molecule has 0 atom stereocenters. The maximum absolute atomic E-state index is 12.3. The van der Waals surface area contributed by atoms with Crippen LogP contribution in [0.5, 0.6) is 0 Å². The lowest BCUT2D eigenvalue weighted by molar-refractivity contribution is -0.117. The van der Waals surface area contributed by atoms with Crippen molar-refractivity contribution in [1.82, 2.24) is 0 Å². The molecule has 0 saturated heterocycles. The van der Waals surface area contributed by atoms with Gasteiger partial charge in [0.15, 0.2) is 15.6 Å². The smallest absolute Gasteiger partial charge is 0.192 e. The van der Waals surface area contributed by atoms with Crippen LogP contribution in [0.3, 0.4) is 0 Å². The Balaban J connectivity index is 2.57. The third-order valence-electron chi connectivity index (χ3n) is 2.99. The first-order valence-corrected chi connectivity index (χ1v) is 6.78. The topological polar surface area (TPSA) is 51.2 Å². The van der Waals surface area contributed by atoms with Crippen molar-refractivity contribution in [3.63, 3.8) is 0 Å². The molecule has 1 aliphatic carbocycles. The molecule has 1 fully saturated rings. The summed E-state index contributed by atoms with van der Waals surface area (Å²) in [7, 11) is -3.64. The van der Waals surface area contributed by atoms with Crippen LogP contribution >= 0.6 is 11.6 Å². The van der Waals surface area contributed by atoms with Crippen LogP contribution in [0.1, 0.15) is 19.8 Å². The van der Waals surface area contributed by atoms with E-state index in [0.717, 1.165) is 0 Å². The zero-order valence-electron chi connectivity index (χ0n) is 8.73. The maximum atomic E-state index is 12.3. The van der Waals surface area contributed by atoms with Gasteiger partial charge in [-0.3, -0.25) is 4.79 Å². The third-order valence-corrected chi connectivity index (χ3v) is 6.09. The number of benzene rings is 1. The fourth-order valence-corrected chi connectivity index (χ4v) is 4.26. The Hall–Kier alpha value is -0.870. The Morgan fingerprint density at radius 1 is 1.31 bits per heavy atom. The van der Waals surface area contributed by atoms with Crippen molar-refractivity contribution in [2.75, 3.05) is 0 Å². The number of halogens is 1. The SMILES string of the molecule is CC(=O)C1(S(=O)(=O)c2ccccc2Cl)CC1. The van der Waals surface area contributed by atoms with Crippen molar-refractivity contribution in [1.29, 1.82) is 0 Å². The average molecular weight is 259 g/mol. The standard InChI is InChI=1S/C11H11ClO3S/c1-8(13)11(6-7-11)16(14,15)10-5-3-2-4-9(10)12/h2-5H,6-7H2,1H3. The van der Waals surface area contributed by atoms with Crippen LogP contribution in [0.2, 0.25) is 5.02 Å². The second-order valence-corrected chi connectivity index (χ2v) is 6.62. The molecule has 3 nitrogen and oxygen atoms in total. The van der Waals surface area contributed by atoms with E-state index in [1.165, 1.54) is 19.1 Å². The lowest BCUT2D eigenvalue weighted by Gasteiger charge is -2.13. The molecule has 0 unspecified atom stereocenters. The third kappa shape index (κ3) is 1.48. The molecule has 1 aromatic rings. The first kappa shape index (κ1) is 11.6. The van der Waals surface area contributed by atoms with Gasteiger partial charge in [0.2, 0.25) is 0 Å². The van der Waals surface area contributed by atoms with E-state index >= 15 is 0 Å². The molecule has 1 aromatic carbocycles. The lowest BCUT2D eigenvalue weighted by atomic mass is 10.3. The van der Waals surface area contributed by atoms with Crippen LogP contribution in [-0.4, -0.2) is 18.9 Å². The summed E-state index contributed by atoms with van der Waals surface area (Å²) in [5.41, 5.74) is 0.